The van der Waals surface area contributed by atoms with Crippen molar-refractivity contribution in [2.24, 2.45) is 5.92 Å². The third-order valence-electron chi connectivity index (χ3n) is 6.39. The first-order valence-electron chi connectivity index (χ1n) is 11.1. The van der Waals surface area contributed by atoms with Crippen LogP contribution in [0.15, 0.2) is 48.5 Å². The molecule has 0 radical (unpaired) electrons. The summed E-state index contributed by atoms with van der Waals surface area (Å²) in [5.41, 5.74) is 3.43. The molecule has 0 atom stereocenters. The minimum Gasteiger partial charge on any atom is -0.497 e. The lowest BCUT2D eigenvalue weighted by Crippen LogP contribution is -2.45. The van der Waals surface area contributed by atoms with Gasteiger partial charge in [0.05, 0.1) is 14.2 Å². The number of amides is 2. The van der Waals surface area contributed by atoms with Gasteiger partial charge in [-0.25, -0.2) is 0 Å². The SMILES string of the molecule is COc1cc(C=CC(=O)N2CCC(C(=O)N3CCc4ccccc4C3)CC2)cc(OC)c1. The summed E-state index contributed by atoms with van der Waals surface area (Å²) in [6.45, 7) is 2.68. The molecule has 4 rings (SSSR count). The lowest BCUT2D eigenvalue weighted by atomic mass is 9.93. The standard InChI is InChI=1S/C26H30N2O4/c1-31-23-15-19(16-24(17-23)32-2)7-8-25(29)27-12-10-21(11-13-27)26(30)28-14-9-20-5-3-4-6-22(20)18-28/h3-8,15-17,21H,9-14,18H2,1-2H3. The number of hydrogen-bond donors (Lipinski definition) is 0. The Morgan fingerprint density at radius 3 is 2.22 bits per heavy atom. The van der Waals surface area contributed by atoms with E-state index in [9.17, 15) is 9.59 Å². The minimum absolute atomic E-state index is 0.00376. The molecule has 1 fully saturated rings. The van der Waals surface area contributed by atoms with Crippen molar-refractivity contribution in [2.75, 3.05) is 33.9 Å². The second-order valence-electron chi connectivity index (χ2n) is 8.36. The highest BCUT2D eigenvalue weighted by atomic mass is 16.5. The maximum atomic E-state index is 13.1. The molecule has 2 heterocycles. The molecular formula is C26H30N2O4. The number of fused-ring (bicyclic) bond motifs is 1. The molecule has 0 spiro atoms. The normalized spacial score (nSPS) is 16.7. The van der Waals surface area contributed by atoms with Crippen molar-refractivity contribution in [2.45, 2.75) is 25.8 Å². The summed E-state index contributed by atoms with van der Waals surface area (Å²) in [7, 11) is 3.20. The highest BCUT2D eigenvalue weighted by molar-refractivity contribution is 5.92. The van der Waals surface area contributed by atoms with Gasteiger partial charge in [-0.2, -0.15) is 0 Å². The predicted molar refractivity (Wildman–Crippen MR) is 123 cm³/mol. The van der Waals surface area contributed by atoms with Crippen LogP contribution < -0.4 is 9.47 Å². The van der Waals surface area contributed by atoms with Gasteiger partial charge in [0.2, 0.25) is 11.8 Å². The molecule has 2 aromatic rings. The van der Waals surface area contributed by atoms with E-state index >= 15 is 0 Å². The van der Waals surface area contributed by atoms with Crippen LogP contribution in [0.3, 0.4) is 0 Å². The summed E-state index contributed by atoms with van der Waals surface area (Å²) in [4.78, 5) is 29.5. The van der Waals surface area contributed by atoms with Gasteiger partial charge >= 0.3 is 0 Å². The van der Waals surface area contributed by atoms with Gasteiger partial charge in [0, 0.05) is 44.2 Å². The van der Waals surface area contributed by atoms with E-state index in [-0.39, 0.29) is 17.7 Å². The first-order valence-corrected chi connectivity index (χ1v) is 11.1. The van der Waals surface area contributed by atoms with Crippen molar-refractivity contribution >= 4 is 17.9 Å². The zero-order valence-electron chi connectivity index (χ0n) is 18.8. The van der Waals surface area contributed by atoms with E-state index < -0.39 is 0 Å². The predicted octanol–water partition coefficient (Wildman–Crippen LogP) is 3.54. The van der Waals surface area contributed by atoms with Crippen molar-refractivity contribution < 1.29 is 19.1 Å². The molecule has 0 aliphatic carbocycles. The Balaban J connectivity index is 1.31. The second-order valence-corrected chi connectivity index (χ2v) is 8.36. The quantitative estimate of drug-likeness (QED) is 0.676. The molecule has 2 aromatic carbocycles. The van der Waals surface area contributed by atoms with E-state index in [1.165, 1.54) is 11.1 Å². The van der Waals surface area contributed by atoms with Crippen LogP contribution in [0.2, 0.25) is 0 Å². The number of piperidine rings is 1. The maximum absolute atomic E-state index is 13.1. The summed E-state index contributed by atoms with van der Waals surface area (Å²) < 4.78 is 10.6. The van der Waals surface area contributed by atoms with E-state index in [2.05, 4.69) is 18.2 Å². The van der Waals surface area contributed by atoms with Gasteiger partial charge in [0.25, 0.3) is 0 Å². The molecule has 2 aliphatic rings. The van der Waals surface area contributed by atoms with E-state index in [1.54, 1.807) is 32.4 Å². The number of hydrogen-bond acceptors (Lipinski definition) is 4. The van der Waals surface area contributed by atoms with Crippen LogP contribution in [-0.4, -0.2) is 55.5 Å². The largest absolute Gasteiger partial charge is 0.497 e. The van der Waals surface area contributed by atoms with Crippen LogP contribution in [0.25, 0.3) is 6.08 Å². The Morgan fingerprint density at radius 1 is 0.906 bits per heavy atom. The lowest BCUT2D eigenvalue weighted by Gasteiger charge is -2.35. The molecule has 2 aliphatic heterocycles. The third-order valence-corrected chi connectivity index (χ3v) is 6.39. The van der Waals surface area contributed by atoms with Gasteiger partial charge in [0.1, 0.15) is 11.5 Å². The highest BCUT2D eigenvalue weighted by Gasteiger charge is 2.31. The van der Waals surface area contributed by atoms with Crippen LogP contribution in [0.4, 0.5) is 0 Å². The molecule has 0 bridgehead atoms. The molecular weight excluding hydrogens is 404 g/mol. The Kier molecular flexibility index (Phi) is 6.78. The number of carbonyl (C=O) groups is 2. The smallest absolute Gasteiger partial charge is 0.246 e. The molecule has 2 amide bonds. The third kappa shape index (κ3) is 4.96. The van der Waals surface area contributed by atoms with Crippen molar-refractivity contribution in [3.63, 3.8) is 0 Å². The molecule has 0 aromatic heterocycles. The van der Waals surface area contributed by atoms with Crippen molar-refractivity contribution in [3.05, 3.63) is 65.2 Å². The number of likely N-dealkylation sites (tertiary alicyclic amines) is 1. The van der Waals surface area contributed by atoms with E-state index in [0.717, 1.165) is 18.5 Å². The van der Waals surface area contributed by atoms with E-state index in [4.69, 9.17) is 9.47 Å². The first-order chi connectivity index (χ1) is 15.6. The number of nitrogens with zero attached hydrogens (tertiary/aromatic N) is 2. The van der Waals surface area contributed by atoms with Crippen LogP contribution >= 0.6 is 0 Å². The molecule has 6 heteroatoms. The molecule has 1 saturated heterocycles. The average Bonchev–Trinajstić information content (AvgIpc) is 2.86. The molecule has 0 unspecified atom stereocenters. The topological polar surface area (TPSA) is 59.1 Å². The van der Waals surface area contributed by atoms with Gasteiger partial charge in [-0.1, -0.05) is 24.3 Å². The number of ether oxygens (including phenoxy) is 2. The van der Waals surface area contributed by atoms with Gasteiger partial charge in [0.15, 0.2) is 0 Å². The maximum Gasteiger partial charge on any atom is 0.246 e. The van der Waals surface area contributed by atoms with E-state index in [1.807, 2.05) is 28.0 Å². The zero-order valence-corrected chi connectivity index (χ0v) is 18.8. The molecule has 0 N–H and O–H groups in total. The number of rotatable bonds is 5. The fourth-order valence-electron chi connectivity index (χ4n) is 4.49. The summed E-state index contributed by atoms with van der Waals surface area (Å²) >= 11 is 0. The van der Waals surface area contributed by atoms with Crippen LogP contribution in [-0.2, 0) is 22.6 Å². The van der Waals surface area contributed by atoms with Crippen molar-refractivity contribution in [1.82, 2.24) is 9.80 Å². The Morgan fingerprint density at radius 2 is 1.56 bits per heavy atom. The molecule has 0 saturated carbocycles. The van der Waals surface area contributed by atoms with Gasteiger partial charge in [-0.15, -0.1) is 0 Å². The Bertz CT molecular complexity index is 986. The summed E-state index contributed by atoms with van der Waals surface area (Å²) in [5.74, 6) is 1.54. The molecule has 168 valence electrons. The monoisotopic (exact) mass is 434 g/mol. The lowest BCUT2D eigenvalue weighted by molar-refractivity contribution is -0.140. The van der Waals surface area contributed by atoms with Gasteiger partial charge in [-0.05, 0) is 54.2 Å². The summed E-state index contributed by atoms with van der Waals surface area (Å²) in [6.07, 6.45) is 5.69. The highest BCUT2D eigenvalue weighted by Crippen LogP contribution is 2.26. The summed E-state index contributed by atoms with van der Waals surface area (Å²) in [6, 6.07) is 13.9. The van der Waals surface area contributed by atoms with E-state index in [0.29, 0.717) is 44.0 Å². The van der Waals surface area contributed by atoms with Crippen molar-refractivity contribution in [1.29, 1.82) is 0 Å². The number of benzene rings is 2. The van der Waals surface area contributed by atoms with Gasteiger partial charge in [-0.3, -0.25) is 9.59 Å². The van der Waals surface area contributed by atoms with Gasteiger partial charge < -0.3 is 19.3 Å². The van der Waals surface area contributed by atoms with Crippen molar-refractivity contribution in [3.8, 4) is 11.5 Å². The number of methoxy groups -OCH3 is 2. The summed E-state index contributed by atoms with van der Waals surface area (Å²) in [5, 5.41) is 0. The molecule has 6 nitrogen and oxygen atoms in total. The second kappa shape index (κ2) is 9.90. The van der Waals surface area contributed by atoms with Crippen LogP contribution in [0, 0.1) is 5.92 Å². The number of carbonyl (C=O) groups excluding carboxylic acids is 2. The molecule has 32 heavy (non-hydrogen) atoms. The fourth-order valence-corrected chi connectivity index (χ4v) is 4.49. The average molecular weight is 435 g/mol. The van der Waals surface area contributed by atoms with Crippen LogP contribution in [0.5, 0.6) is 11.5 Å². The Labute approximate surface area is 189 Å². The first kappa shape index (κ1) is 21.9. The Hall–Kier alpha value is -3.28. The minimum atomic E-state index is -0.0374. The fraction of sp³-hybridized carbons (Fsp3) is 0.385. The van der Waals surface area contributed by atoms with Crippen LogP contribution in [0.1, 0.15) is 29.5 Å². The zero-order chi connectivity index (χ0) is 22.5.